The van der Waals surface area contributed by atoms with Crippen molar-refractivity contribution in [3.8, 4) is 11.5 Å². The van der Waals surface area contributed by atoms with Gasteiger partial charge in [0.15, 0.2) is 0 Å². The van der Waals surface area contributed by atoms with E-state index in [9.17, 15) is 10.2 Å². The molecule has 0 unspecified atom stereocenters. The highest BCUT2D eigenvalue weighted by Gasteiger charge is 2.02. The maximum absolute atomic E-state index is 10.3. The minimum absolute atomic E-state index is 0.246. The number of rotatable bonds is 2. The van der Waals surface area contributed by atoms with Gasteiger partial charge in [-0.15, -0.1) is 0 Å². The zero-order valence-corrected chi connectivity index (χ0v) is 10.8. The number of phenolic OH excluding ortho intramolecular Hbond substituents is 2. The van der Waals surface area contributed by atoms with Gasteiger partial charge in [0, 0.05) is 10.9 Å². The van der Waals surface area contributed by atoms with Gasteiger partial charge in [-0.2, -0.15) is 0 Å². The molecule has 0 atom stereocenters. The Bertz CT molecular complexity index is 771. The summed E-state index contributed by atoms with van der Waals surface area (Å²) in [6.45, 7) is 0. The van der Waals surface area contributed by atoms with Gasteiger partial charge in [0.05, 0.1) is 0 Å². The van der Waals surface area contributed by atoms with E-state index in [1.807, 2.05) is 60.7 Å². The van der Waals surface area contributed by atoms with E-state index in [1.54, 1.807) is 12.1 Å². The van der Waals surface area contributed by atoms with Crippen molar-refractivity contribution in [2.75, 3.05) is 0 Å². The summed E-state index contributed by atoms with van der Waals surface area (Å²) >= 11 is 0. The fraction of sp³-hybridized carbons (Fsp3) is 0. The van der Waals surface area contributed by atoms with Crippen LogP contribution in [0.5, 0.6) is 11.5 Å². The molecule has 0 aliphatic heterocycles. The molecule has 0 aromatic heterocycles. The summed E-state index contributed by atoms with van der Waals surface area (Å²) in [6, 6.07) is 18.6. The molecule has 2 nitrogen and oxygen atoms in total. The molecular formula is C18H14O2. The third-order valence-electron chi connectivity index (χ3n) is 3.28. The SMILES string of the molecule is Oc1ccc(C=Cc2ccc3ccccc3c2O)cc1. The molecule has 0 fully saturated rings. The van der Waals surface area contributed by atoms with Gasteiger partial charge < -0.3 is 10.2 Å². The summed E-state index contributed by atoms with van der Waals surface area (Å²) in [4.78, 5) is 0. The molecule has 0 aliphatic carbocycles. The van der Waals surface area contributed by atoms with E-state index in [2.05, 4.69) is 0 Å². The first-order valence-corrected chi connectivity index (χ1v) is 6.42. The number of aromatic hydroxyl groups is 2. The van der Waals surface area contributed by atoms with E-state index >= 15 is 0 Å². The first-order valence-electron chi connectivity index (χ1n) is 6.42. The van der Waals surface area contributed by atoms with Crippen LogP contribution in [0.3, 0.4) is 0 Å². The first-order chi connectivity index (χ1) is 9.74. The van der Waals surface area contributed by atoms with E-state index in [4.69, 9.17) is 0 Å². The molecule has 20 heavy (non-hydrogen) atoms. The van der Waals surface area contributed by atoms with E-state index in [0.717, 1.165) is 21.9 Å². The molecule has 0 saturated carbocycles. The van der Waals surface area contributed by atoms with Crippen LogP contribution in [-0.2, 0) is 0 Å². The largest absolute Gasteiger partial charge is 0.508 e. The van der Waals surface area contributed by atoms with Crippen molar-refractivity contribution in [2.24, 2.45) is 0 Å². The average molecular weight is 262 g/mol. The van der Waals surface area contributed by atoms with Crippen molar-refractivity contribution in [1.82, 2.24) is 0 Å². The van der Waals surface area contributed by atoms with Crippen molar-refractivity contribution < 1.29 is 10.2 Å². The van der Waals surface area contributed by atoms with Crippen molar-refractivity contribution in [3.63, 3.8) is 0 Å². The molecule has 0 spiro atoms. The Balaban J connectivity index is 1.98. The molecule has 2 N–H and O–H groups in total. The minimum atomic E-state index is 0.246. The standard InChI is InChI=1S/C18H14O2/c19-16-11-6-13(7-12-16)5-8-15-10-9-14-3-1-2-4-17(14)18(15)20/h1-12,19-20H. The molecule has 0 aliphatic rings. The van der Waals surface area contributed by atoms with Gasteiger partial charge in [-0.25, -0.2) is 0 Å². The Morgan fingerprint density at radius 3 is 2.25 bits per heavy atom. The molecule has 2 heteroatoms. The van der Waals surface area contributed by atoms with Crippen molar-refractivity contribution in [2.45, 2.75) is 0 Å². The second kappa shape index (κ2) is 5.10. The van der Waals surface area contributed by atoms with E-state index < -0.39 is 0 Å². The molecule has 3 aromatic rings. The smallest absolute Gasteiger partial charge is 0.130 e. The Kier molecular flexibility index (Phi) is 3.13. The predicted octanol–water partition coefficient (Wildman–Crippen LogP) is 4.42. The third-order valence-corrected chi connectivity index (χ3v) is 3.28. The molecule has 0 bridgehead atoms. The first kappa shape index (κ1) is 12.3. The molecule has 0 saturated heterocycles. The van der Waals surface area contributed by atoms with Crippen LogP contribution in [0.15, 0.2) is 60.7 Å². The van der Waals surface area contributed by atoms with Crippen LogP contribution in [0.4, 0.5) is 0 Å². The second-order valence-corrected chi connectivity index (χ2v) is 4.65. The Morgan fingerprint density at radius 2 is 1.45 bits per heavy atom. The Hall–Kier alpha value is -2.74. The molecule has 3 rings (SSSR count). The Morgan fingerprint density at radius 1 is 0.700 bits per heavy atom. The molecule has 98 valence electrons. The highest BCUT2D eigenvalue weighted by atomic mass is 16.3. The molecule has 0 amide bonds. The quantitative estimate of drug-likeness (QED) is 0.671. The van der Waals surface area contributed by atoms with Crippen LogP contribution in [0.2, 0.25) is 0 Å². The van der Waals surface area contributed by atoms with Crippen LogP contribution in [0.1, 0.15) is 11.1 Å². The zero-order chi connectivity index (χ0) is 13.9. The van der Waals surface area contributed by atoms with Crippen molar-refractivity contribution >= 4 is 22.9 Å². The summed E-state index contributed by atoms with van der Waals surface area (Å²) in [5, 5.41) is 21.4. The number of hydrogen-bond acceptors (Lipinski definition) is 2. The highest BCUT2D eigenvalue weighted by Crippen LogP contribution is 2.29. The maximum atomic E-state index is 10.3. The number of hydrogen-bond donors (Lipinski definition) is 2. The summed E-state index contributed by atoms with van der Waals surface area (Å²) in [6.07, 6.45) is 3.78. The van der Waals surface area contributed by atoms with Crippen LogP contribution in [0.25, 0.3) is 22.9 Å². The minimum Gasteiger partial charge on any atom is -0.508 e. The van der Waals surface area contributed by atoms with Gasteiger partial charge in [0.2, 0.25) is 0 Å². The molecular weight excluding hydrogens is 248 g/mol. The van der Waals surface area contributed by atoms with Crippen LogP contribution >= 0.6 is 0 Å². The highest BCUT2D eigenvalue weighted by molar-refractivity contribution is 5.92. The van der Waals surface area contributed by atoms with E-state index in [0.29, 0.717) is 0 Å². The van der Waals surface area contributed by atoms with E-state index in [1.165, 1.54) is 0 Å². The van der Waals surface area contributed by atoms with Crippen molar-refractivity contribution in [1.29, 1.82) is 0 Å². The molecule has 3 aromatic carbocycles. The summed E-state index contributed by atoms with van der Waals surface area (Å²) in [5.74, 6) is 0.536. The van der Waals surface area contributed by atoms with Gasteiger partial charge in [-0.1, -0.05) is 60.7 Å². The lowest BCUT2D eigenvalue weighted by atomic mass is 10.0. The van der Waals surface area contributed by atoms with Crippen LogP contribution in [0, 0.1) is 0 Å². The topological polar surface area (TPSA) is 40.5 Å². The van der Waals surface area contributed by atoms with Crippen LogP contribution < -0.4 is 0 Å². The number of benzene rings is 3. The van der Waals surface area contributed by atoms with Gasteiger partial charge >= 0.3 is 0 Å². The zero-order valence-electron chi connectivity index (χ0n) is 10.8. The Labute approximate surface area is 117 Å². The summed E-state index contributed by atoms with van der Waals surface area (Å²) in [5.41, 5.74) is 1.74. The summed E-state index contributed by atoms with van der Waals surface area (Å²) in [7, 11) is 0. The van der Waals surface area contributed by atoms with E-state index in [-0.39, 0.29) is 11.5 Å². The normalized spacial score (nSPS) is 11.2. The number of phenols is 2. The van der Waals surface area contributed by atoms with Crippen molar-refractivity contribution in [3.05, 3.63) is 71.8 Å². The maximum Gasteiger partial charge on any atom is 0.130 e. The average Bonchev–Trinajstić information content (AvgIpc) is 2.49. The fourth-order valence-corrected chi connectivity index (χ4v) is 2.18. The lowest BCUT2D eigenvalue weighted by Gasteiger charge is -2.04. The predicted molar refractivity (Wildman–Crippen MR) is 82.6 cm³/mol. The van der Waals surface area contributed by atoms with Crippen LogP contribution in [-0.4, -0.2) is 10.2 Å². The lowest BCUT2D eigenvalue weighted by molar-refractivity contribution is 0.475. The number of fused-ring (bicyclic) bond motifs is 1. The van der Waals surface area contributed by atoms with Gasteiger partial charge in [-0.3, -0.25) is 0 Å². The third kappa shape index (κ3) is 2.36. The molecule has 0 heterocycles. The fourth-order valence-electron chi connectivity index (χ4n) is 2.18. The lowest BCUT2D eigenvalue weighted by Crippen LogP contribution is -1.79. The summed E-state index contributed by atoms with van der Waals surface area (Å²) < 4.78 is 0. The monoisotopic (exact) mass is 262 g/mol. The van der Waals surface area contributed by atoms with Gasteiger partial charge in [-0.05, 0) is 23.1 Å². The van der Waals surface area contributed by atoms with Gasteiger partial charge in [0.1, 0.15) is 11.5 Å². The second-order valence-electron chi connectivity index (χ2n) is 4.65. The molecule has 0 radical (unpaired) electrons. The van der Waals surface area contributed by atoms with Gasteiger partial charge in [0.25, 0.3) is 0 Å².